The van der Waals surface area contributed by atoms with Gasteiger partial charge in [-0.05, 0) is 36.4 Å². The maximum atomic E-state index is 11.5. The highest BCUT2D eigenvalue weighted by Crippen LogP contribution is 2.42. The van der Waals surface area contributed by atoms with E-state index in [1.165, 1.54) is 0 Å². The van der Waals surface area contributed by atoms with Crippen LogP contribution < -0.4 is 9.47 Å². The first-order chi connectivity index (χ1) is 11.9. The second kappa shape index (κ2) is 9.55. The van der Waals surface area contributed by atoms with Crippen LogP contribution in [0.3, 0.4) is 0 Å². The van der Waals surface area contributed by atoms with E-state index in [1.807, 2.05) is 0 Å². The van der Waals surface area contributed by atoms with Crippen LogP contribution in [-0.4, -0.2) is 23.7 Å². The molecule has 0 saturated carbocycles. The standard InChI is InChI=1S/C16H10Cl4O4S/c17-7-15(21)23-11-3-1-9(19)5-13(11)25-14-6-10(20)2-4-12(14)24-16(22)8-18/h1-6H,7-8H2. The number of hydrogen-bond acceptors (Lipinski definition) is 5. The molecule has 9 heteroatoms. The van der Waals surface area contributed by atoms with Crippen LogP contribution in [0, 0.1) is 0 Å². The van der Waals surface area contributed by atoms with Crippen LogP contribution in [-0.2, 0) is 9.59 Å². The van der Waals surface area contributed by atoms with Crippen molar-refractivity contribution in [2.24, 2.45) is 0 Å². The average Bonchev–Trinajstić information content (AvgIpc) is 2.59. The lowest BCUT2D eigenvalue weighted by molar-refractivity contribution is -0.132. The summed E-state index contributed by atoms with van der Waals surface area (Å²) in [5.41, 5.74) is 0. The minimum atomic E-state index is -0.606. The summed E-state index contributed by atoms with van der Waals surface area (Å²) in [7, 11) is 0. The van der Waals surface area contributed by atoms with Crippen LogP contribution in [0.5, 0.6) is 11.5 Å². The largest absolute Gasteiger partial charge is 0.424 e. The van der Waals surface area contributed by atoms with Crippen LogP contribution in [0.1, 0.15) is 0 Å². The molecule has 0 fully saturated rings. The highest BCUT2D eigenvalue weighted by molar-refractivity contribution is 7.99. The molecule has 0 atom stereocenters. The molecule has 2 aromatic rings. The van der Waals surface area contributed by atoms with Crippen LogP contribution >= 0.6 is 58.2 Å². The van der Waals surface area contributed by atoms with Gasteiger partial charge in [0.2, 0.25) is 0 Å². The molecule has 0 heterocycles. The van der Waals surface area contributed by atoms with Gasteiger partial charge in [-0.3, -0.25) is 9.59 Å². The third-order valence-electron chi connectivity index (χ3n) is 2.70. The highest BCUT2D eigenvalue weighted by Gasteiger charge is 2.15. The maximum Gasteiger partial charge on any atom is 0.326 e. The summed E-state index contributed by atoms with van der Waals surface area (Å²) in [5, 5.41) is 0.879. The van der Waals surface area contributed by atoms with Crippen molar-refractivity contribution in [1.29, 1.82) is 0 Å². The van der Waals surface area contributed by atoms with Gasteiger partial charge in [-0.2, -0.15) is 0 Å². The van der Waals surface area contributed by atoms with Gasteiger partial charge < -0.3 is 9.47 Å². The van der Waals surface area contributed by atoms with Gasteiger partial charge in [0.05, 0.1) is 9.79 Å². The summed E-state index contributed by atoms with van der Waals surface area (Å²) in [6.45, 7) is 0. The highest BCUT2D eigenvalue weighted by atomic mass is 35.5. The molecule has 0 saturated heterocycles. The summed E-state index contributed by atoms with van der Waals surface area (Å²) >= 11 is 24.1. The van der Waals surface area contributed by atoms with Gasteiger partial charge in [0, 0.05) is 10.0 Å². The number of carbonyl (C=O) groups excluding carboxylic acids is 2. The summed E-state index contributed by atoms with van der Waals surface area (Å²) in [6, 6.07) is 9.46. The fourth-order valence-electron chi connectivity index (χ4n) is 1.71. The third kappa shape index (κ3) is 5.97. The summed E-state index contributed by atoms with van der Waals surface area (Å²) in [4.78, 5) is 24.0. The van der Waals surface area contributed by atoms with Crippen molar-refractivity contribution in [2.45, 2.75) is 9.79 Å². The monoisotopic (exact) mass is 438 g/mol. The average molecular weight is 440 g/mol. The summed E-state index contributed by atoms with van der Waals surface area (Å²) < 4.78 is 10.4. The van der Waals surface area contributed by atoms with Crippen molar-refractivity contribution < 1.29 is 19.1 Å². The molecule has 0 spiro atoms. The summed E-state index contributed by atoms with van der Waals surface area (Å²) in [5.74, 6) is -1.24. The van der Waals surface area contributed by atoms with Crippen molar-refractivity contribution >= 4 is 70.1 Å². The molecular weight excluding hydrogens is 430 g/mol. The predicted molar refractivity (Wildman–Crippen MR) is 99.7 cm³/mol. The van der Waals surface area contributed by atoms with Gasteiger partial charge in [-0.25, -0.2) is 0 Å². The van der Waals surface area contributed by atoms with E-state index in [1.54, 1.807) is 36.4 Å². The first kappa shape index (κ1) is 20.2. The van der Waals surface area contributed by atoms with Crippen molar-refractivity contribution in [1.82, 2.24) is 0 Å². The van der Waals surface area contributed by atoms with Crippen LogP contribution in [0.25, 0.3) is 0 Å². The van der Waals surface area contributed by atoms with Crippen LogP contribution in [0.2, 0.25) is 10.0 Å². The number of hydrogen-bond donors (Lipinski definition) is 0. The quantitative estimate of drug-likeness (QED) is 0.341. The molecule has 2 rings (SSSR count). The van der Waals surface area contributed by atoms with E-state index in [0.29, 0.717) is 19.8 Å². The van der Waals surface area contributed by atoms with E-state index >= 15 is 0 Å². The zero-order chi connectivity index (χ0) is 18.4. The second-order valence-corrected chi connectivity index (χ2v) is 6.99. The Hall–Kier alpha value is -1.11. The number of ether oxygens (including phenoxy) is 2. The van der Waals surface area contributed by atoms with Gasteiger partial charge in [0.25, 0.3) is 0 Å². The number of benzene rings is 2. The minimum absolute atomic E-state index is 0.273. The lowest BCUT2D eigenvalue weighted by Crippen LogP contribution is -2.10. The van der Waals surface area contributed by atoms with Gasteiger partial charge in [0.1, 0.15) is 23.3 Å². The fraction of sp³-hybridized carbons (Fsp3) is 0.125. The molecule has 0 aliphatic heterocycles. The molecule has 0 aliphatic carbocycles. The fourth-order valence-corrected chi connectivity index (χ4v) is 3.32. The molecule has 4 nitrogen and oxygen atoms in total. The van der Waals surface area contributed by atoms with E-state index in [2.05, 4.69) is 0 Å². The Morgan fingerprint density at radius 2 is 1.20 bits per heavy atom. The zero-order valence-electron chi connectivity index (χ0n) is 12.4. The second-order valence-electron chi connectivity index (χ2n) is 4.50. The zero-order valence-corrected chi connectivity index (χ0v) is 16.3. The normalized spacial score (nSPS) is 10.4. The lowest BCUT2D eigenvalue weighted by atomic mass is 10.3. The molecule has 2 aromatic carbocycles. The van der Waals surface area contributed by atoms with Crippen LogP contribution in [0.4, 0.5) is 0 Å². The molecule has 0 aromatic heterocycles. The Morgan fingerprint density at radius 3 is 1.56 bits per heavy atom. The number of halogens is 4. The van der Waals surface area contributed by atoms with Gasteiger partial charge >= 0.3 is 11.9 Å². The van der Waals surface area contributed by atoms with Crippen molar-refractivity contribution in [3.63, 3.8) is 0 Å². The molecule has 0 bridgehead atoms. The predicted octanol–water partition coefficient (Wildman–Crippen LogP) is 5.43. The smallest absolute Gasteiger partial charge is 0.326 e. The van der Waals surface area contributed by atoms with E-state index < -0.39 is 11.9 Å². The Balaban J connectivity index is 2.38. The van der Waals surface area contributed by atoms with Crippen molar-refractivity contribution in [3.8, 4) is 11.5 Å². The van der Waals surface area contributed by atoms with E-state index in [4.69, 9.17) is 55.9 Å². The summed E-state index contributed by atoms with van der Waals surface area (Å²) in [6.07, 6.45) is 0. The molecule has 0 aliphatic rings. The lowest BCUT2D eigenvalue weighted by Gasteiger charge is -2.12. The van der Waals surface area contributed by atoms with Crippen molar-refractivity contribution in [3.05, 3.63) is 46.4 Å². The Kier molecular flexibility index (Phi) is 7.72. The molecule has 0 amide bonds. The van der Waals surface area contributed by atoms with E-state index in [0.717, 1.165) is 11.8 Å². The van der Waals surface area contributed by atoms with Gasteiger partial charge in [0.15, 0.2) is 0 Å². The number of rotatable bonds is 6. The van der Waals surface area contributed by atoms with Crippen molar-refractivity contribution in [2.75, 3.05) is 11.8 Å². The third-order valence-corrected chi connectivity index (χ3v) is 4.68. The van der Waals surface area contributed by atoms with Crippen LogP contribution in [0.15, 0.2) is 46.2 Å². The first-order valence-electron chi connectivity index (χ1n) is 6.73. The molecule has 0 radical (unpaired) electrons. The molecule has 0 unspecified atom stereocenters. The van der Waals surface area contributed by atoms with E-state index in [9.17, 15) is 9.59 Å². The molecular formula is C16H10Cl4O4S. The molecule has 25 heavy (non-hydrogen) atoms. The maximum absolute atomic E-state index is 11.5. The van der Waals surface area contributed by atoms with Gasteiger partial charge in [-0.15, -0.1) is 23.2 Å². The number of carbonyl (C=O) groups is 2. The SMILES string of the molecule is O=C(CCl)Oc1ccc(Cl)cc1Sc1cc(Cl)ccc1OC(=O)CCl. The first-order valence-corrected chi connectivity index (χ1v) is 9.37. The Morgan fingerprint density at radius 1 is 0.800 bits per heavy atom. The number of esters is 2. The minimum Gasteiger partial charge on any atom is -0.424 e. The van der Waals surface area contributed by atoms with E-state index in [-0.39, 0.29) is 23.3 Å². The van der Waals surface area contributed by atoms with Gasteiger partial charge in [-0.1, -0.05) is 35.0 Å². The Labute approximate surface area is 168 Å². The number of alkyl halides is 2. The molecule has 132 valence electrons. The topological polar surface area (TPSA) is 52.6 Å². The Bertz CT molecular complexity index is 732. The molecule has 0 N–H and O–H groups in total.